The summed E-state index contributed by atoms with van der Waals surface area (Å²) in [6, 6.07) is 6.31. The van der Waals surface area contributed by atoms with Crippen molar-refractivity contribution < 1.29 is 4.74 Å². The lowest BCUT2D eigenvalue weighted by molar-refractivity contribution is 0.284. The summed E-state index contributed by atoms with van der Waals surface area (Å²) >= 11 is 3.53. The van der Waals surface area contributed by atoms with Crippen LogP contribution in [0.2, 0.25) is 0 Å². The number of methoxy groups -OCH3 is 1. The molecule has 0 aromatic heterocycles. The molecule has 18 heavy (non-hydrogen) atoms. The molecule has 0 aliphatic carbocycles. The van der Waals surface area contributed by atoms with Crippen LogP contribution in [0.25, 0.3) is 0 Å². The lowest BCUT2D eigenvalue weighted by Gasteiger charge is -2.19. The molecule has 0 saturated carbocycles. The first-order valence-corrected chi connectivity index (χ1v) is 6.84. The van der Waals surface area contributed by atoms with Gasteiger partial charge in [0.15, 0.2) is 0 Å². The Morgan fingerprint density at radius 3 is 2.89 bits per heavy atom. The van der Waals surface area contributed by atoms with Gasteiger partial charge in [-0.25, -0.2) is 0 Å². The van der Waals surface area contributed by atoms with Crippen LogP contribution < -0.4 is 10.1 Å². The molecule has 1 aliphatic heterocycles. The van der Waals surface area contributed by atoms with E-state index in [1.165, 1.54) is 18.5 Å². The van der Waals surface area contributed by atoms with E-state index in [0.29, 0.717) is 0 Å². The monoisotopic (exact) mass is 334 g/mol. The maximum Gasteiger partial charge on any atom is 0.133 e. The van der Waals surface area contributed by atoms with Crippen molar-refractivity contribution in [2.45, 2.75) is 13.0 Å². The molecule has 3 nitrogen and oxygen atoms in total. The van der Waals surface area contributed by atoms with Crippen molar-refractivity contribution >= 4 is 28.3 Å². The molecular formula is C13H20BrClN2O. The quantitative estimate of drug-likeness (QED) is 0.919. The molecular weight excluding hydrogens is 316 g/mol. The summed E-state index contributed by atoms with van der Waals surface area (Å²) in [5.41, 5.74) is 1.33. The van der Waals surface area contributed by atoms with Crippen LogP contribution in [0.3, 0.4) is 0 Å². The second kappa shape index (κ2) is 8.00. The maximum atomic E-state index is 5.24. The van der Waals surface area contributed by atoms with E-state index in [0.717, 1.165) is 36.4 Å². The van der Waals surface area contributed by atoms with E-state index >= 15 is 0 Å². The lowest BCUT2D eigenvalue weighted by atomic mass is 10.2. The third-order valence-corrected chi connectivity index (χ3v) is 3.67. The van der Waals surface area contributed by atoms with Gasteiger partial charge in [0.1, 0.15) is 5.75 Å². The molecule has 1 aliphatic rings. The van der Waals surface area contributed by atoms with Crippen molar-refractivity contribution in [1.29, 1.82) is 0 Å². The van der Waals surface area contributed by atoms with E-state index in [1.807, 2.05) is 6.07 Å². The topological polar surface area (TPSA) is 24.5 Å². The SMILES string of the molecule is COc1ccc(CN2CCCNCC2)cc1Br.Cl. The molecule has 1 fully saturated rings. The summed E-state index contributed by atoms with van der Waals surface area (Å²) in [6.07, 6.45) is 1.23. The second-order valence-corrected chi connectivity index (χ2v) is 5.20. The molecule has 1 saturated heterocycles. The fourth-order valence-corrected chi connectivity index (χ4v) is 2.71. The van der Waals surface area contributed by atoms with E-state index in [2.05, 4.69) is 38.3 Å². The first-order valence-electron chi connectivity index (χ1n) is 6.05. The number of hydrogen-bond acceptors (Lipinski definition) is 3. The number of hydrogen-bond donors (Lipinski definition) is 1. The number of nitrogens with one attached hydrogen (secondary N) is 1. The van der Waals surface area contributed by atoms with Crippen LogP contribution in [0.5, 0.6) is 5.75 Å². The average Bonchev–Trinajstić information content (AvgIpc) is 2.58. The average molecular weight is 336 g/mol. The summed E-state index contributed by atoms with van der Waals surface area (Å²) in [5.74, 6) is 0.895. The number of benzene rings is 1. The van der Waals surface area contributed by atoms with Gasteiger partial charge in [0.2, 0.25) is 0 Å². The molecule has 1 aromatic rings. The Balaban J connectivity index is 0.00000162. The number of ether oxygens (including phenoxy) is 1. The van der Waals surface area contributed by atoms with Crippen molar-refractivity contribution in [3.63, 3.8) is 0 Å². The zero-order valence-electron chi connectivity index (χ0n) is 10.6. The first-order chi connectivity index (χ1) is 8.29. The smallest absolute Gasteiger partial charge is 0.133 e. The fraction of sp³-hybridized carbons (Fsp3) is 0.538. The van der Waals surface area contributed by atoms with Gasteiger partial charge in [0.25, 0.3) is 0 Å². The van der Waals surface area contributed by atoms with Gasteiger partial charge >= 0.3 is 0 Å². The molecule has 5 heteroatoms. The minimum absolute atomic E-state index is 0. The van der Waals surface area contributed by atoms with Crippen molar-refractivity contribution in [3.05, 3.63) is 28.2 Å². The summed E-state index contributed by atoms with van der Waals surface area (Å²) in [4.78, 5) is 2.49. The number of rotatable bonds is 3. The molecule has 0 unspecified atom stereocenters. The highest BCUT2D eigenvalue weighted by Gasteiger charge is 2.10. The summed E-state index contributed by atoms with van der Waals surface area (Å²) < 4.78 is 6.27. The Kier molecular flexibility index (Phi) is 7.00. The van der Waals surface area contributed by atoms with Crippen LogP contribution in [0.4, 0.5) is 0 Å². The molecule has 1 aromatic carbocycles. The van der Waals surface area contributed by atoms with Gasteiger partial charge in [-0.3, -0.25) is 4.90 Å². The predicted octanol–water partition coefficient (Wildman–Crippen LogP) is 2.67. The third-order valence-electron chi connectivity index (χ3n) is 3.06. The zero-order valence-corrected chi connectivity index (χ0v) is 13.0. The van der Waals surface area contributed by atoms with E-state index in [-0.39, 0.29) is 12.4 Å². The van der Waals surface area contributed by atoms with E-state index in [1.54, 1.807) is 7.11 Å². The predicted molar refractivity (Wildman–Crippen MR) is 80.7 cm³/mol. The Hall–Kier alpha value is -0.290. The largest absolute Gasteiger partial charge is 0.496 e. The molecule has 1 N–H and O–H groups in total. The molecule has 102 valence electrons. The van der Waals surface area contributed by atoms with Crippen LogP contribution in [-0.2, 0) is 6.54 Å². The van der Waals surface area contributed by atoms with Crippen molar-refractivity contribution in [2.24, 2.45) is 0 Å². The Morgan fingerprint density at radius 1 is 1.33 bits per heavy atom. The third kappa shape index (κ3) is 4.43. The highest BCUT2D eigenvalue weighted by molar-refractivity contribution is 9.10. The second-order valence-electron chi connectivity index (χ2n) is 4.35. The summed E-state index contributed by atoms with van der Waals surface area (Å²) in [5, 5.41) is 3.42. The Labute approximate surface area is 123 Å². The molecule has 0 atom stereocenters. The van der Waals surface area contributed by atoms with Crippen molar-refractivity contribution in [1.82, 2.24) is 10.2 Å². The van der Waals surface area contributed by atoms with Gasteiger partial charge in [-0.2, -0.15) is 0 Å². The summed E-state index contributed by atoms with van der Waals surface area (Å²) in [6.45, 7) is 5.56. The lowest BCUT2D eigenvalue weighted by Crippen LogP contribution is -2.27. The molecule has 0 bridgehead atoms. The van der Waals surface area contributed by atoms with E-state index < -0.39 is 0 Å². The number of halogens is 2. The van der Waals surface area contributed by atoms with Crippen LogP contribution in [0.15, 0.2) is 22.7 Å². The normalized spacial score (nSPS) is 16.8. The van der Waals surface area contributed by atoms with Crippen molar-refractivity contribution in [2.75, 3.05) is 33.3 Å². The summed E-state index contributed by atoms with van der Waals surface area (Å²) in [7, 11) is 1.69. The zero-order chi connectivity index (χ0) is 12.1. The minimum Gasteiger partial charge on any atom is -0.496 e. The highest BCUT2D eigenvalue weighted by atomic mass is 79.9. The van der Waals surface area contributed by atoms with Gasteiger partial charge in [-0.15, -0.1) is 12.4 Å². The molecule has 0 amide bonds. The standard InChI is InChI=1S/C13H19BrN2O.ClH/c1-17-13-4-3-11(9-12(13)14)10-16-7-2-5-15-6-8-16;/h3-4,9,15H,2,5-8,10H2,1H3;1H. The Bertz CT molecular complexity index is 368. The van der Waals surface area contributed by atoms with Crippen LogP contribution in [0, 0.1) is 0 Å². The van der Waals surface area contributed by atoms with E-state index in [4.69, 9.17) is 4.74 Å². The van der Waals surface area contributed by atoms with E-state index in [9.17, 15) is 0 Å². The van der Waals surface area contributed by atoms with Crippen molar-refractivity contribution in [3.8, 4) is 5.75 Å². The van der Waals surface area contributed by atoms with Gasteiger partial charge in [0.05, 0.1) is 11.6 Å². The fourth-order valence-electron chi connectivity index (χ4n) is 2.13. The highest BCUT2D eigenvalue weighted by Crippen LogP contribution is 2.26. The molecule has 0 radical (unpaired) electrons. The van der Waals surface area contributed by atoms with Gasteiger partial charge in [0, 0.05) is 19.6 Å². The molecule has 1 heterocycles. The van der Waals surface area contributed by atoms with Crippen LogP contribution >= 0.6 is 28.3 Å². The number of nitrogens with zero attached hydrogens (tertiary/aromatic N) is 1. The van der Waals surface area contributed by atoms with Gasteiger partial charge in [-0.1, -0.05) is 6.07 Å². The van der Waals surface area contributed by atoms with Gasteiger partial charge in [-0.05, 0) is 53.1 Å². The molecule has 0 spiro atoms. The maximum absolute atomic E-state index is 5.24. The minimum atomic E-state index is 0. The van der Waals surface area contributed by atoms with Crippen LogP contribution in [-0.4, -0.2) is 38.2 Å². The molecule has 2 rings (SSSR count). The first kappa shape index (κ1) is 15.8. The van der Waals surface area contributed by atoms with Gasteiger partial charge < -0.3 is 10.1 Å². The Morgan fingerprint density at radius 2 is 2.17 bits per heavy atom. The van der Waals surface area contributed by atoms with Crippen LogP contribution in [0.1, 0.15) is 12.0 Å².